The number of amides is 3. The number of morpholine rings is 1. The highest BCUT2D eigenvalue weighted by atomic mass is 32.2. The molecule has 4 heterocycles. The smallest absolute Gasteiger partial charge is 0.420 e. The molecule has 17 heteroatoms. The fourth-order valence-electron chi connectivity index (χ4n) is 6.30. The second-order valence-corrected chi connectivity index (χ2v) is 15.0. The molecule has 3 aliphatic rings. The van der Waals surface area contributed by atoms with E-state index in [1.807, 2.05) is 0 Å². The van der Waals surface area contributed by atoms with Crippen molar-refractivity contribution in [3.8, 4) is 22.9 Å². The standard InChI is InChI=1S/C33H38F3N5O8S/c1-32(2)30(42)40(31(43)41(32)12-11-39-13-16-46-17-14-39)19-28-37-29(38-49-28)23-9-10-25(24(18-23)33(34,35)36)48-26-7-3-4-8-27(26)50(44,45)21-22-6-5-15-47-20-22/h3-4,7-10,18,22H,5-6,11-17,19-21H2,1-2H3. The molecule has 2 aromatic carbocycles. The Morgan fingerprint density at radius 3 is 2.48 bits per heavy atom. The van der Waals surface area contributed by atoms with Gasteiger partial charge in [-0.15, -0.1) is 0 Å². The van der Waals surface area contributed by atoms with E-state index in [1.54, 1.807) is 13.8 Å². The molecular weight excluding hydrogens is 683 g/mol. The van der Waals surface area contributed by atoms with Gasteiger partial charge in [-0.25, -0.2) is 13.2 Å². The highest BCUT2D eigenvalue weighted by Crippen LogP contribution is 2.42. The quantitative estimate of drug-likeness (QED) is 0.256. The van der Waals surface area contributed by atoms with Crippen LogP contribution in [0.15, 0.2) is 51.9 Å². The zero-order valence-electron chi connectivity index (χ0n) is 27.6. The summed E-state index contributed by atoms with van der Waals surface area (Å²) in [5.41, 5.74) is -2.41. The van der Waals surface area contributed by atoms with Crippen molar-refractivity contribution in [1.82, 2.24) is 24.8 Å². The average Bonchev–Trinajstić information content (AvgIpc) is 3.61. The number of hydrogen-bond donors (Lipinski definition) is 0. The molecule has 50 heavy (non-hydrogen) atoms. The lowest BCUT2D eigenvalue weighted by atomic mass is 10.0. The van der Waals surface area contributed by atoms with Crippen molar-refractivity contribution in [2.45, 2.75) is 49.8 Å². The molecule has 3 amide bonds. The Kier molecular flexibility index (Phi) is 10.2. The number of hydrogen-bond acceptors (Lipinski definition) is 11. The van der Waals surface area contributed by atoms with Crippen molar-refractivity contribution in [2.24, 2.45) is 5.92 Å². The topological polar surface area (TPSA) is 145 Å². The van der Waals surface area contributed by atoms with Crippen molar-refractivity contribution >= 4 is 21.8 Å². The number of urea groups is 1. The first-order valence-electron chi connectivity index (χ1n) is 16.3. The average molecular weight is 722 g/mol. The minimum atomic E-state index is -4.91. The fraction of sp³-hybridized carbons (Fsp3) is 0.515. The summed E-state index contributed by atoms with van der Waals surface area (Å²) >= 11 is 0. The maximum atomic E-state index is 14.4. The van der Waals surface area contributed by atoms with Crippen LogP contribution in [-0.2, 0) is 36.8 Å². The van der Waals surface area contributed by atoms with Crippen LogP contribution in [0.4, 0.5) is 18.0 Å². The second kappa shape index (κ2) is 14.3. The van der Waals surface area contributed by atoms with Gasteiger partial charge in [-0.05, 0) is 62.9 Å². The van der Waals surface area contributed by atoms with E-state index in [-0.39, 0.29) is 52.7 Å². The fourth-order valence-corrected chi connectivity index (χ4v) is 8.06. The lowest BCUT2D eigenvalue weighted by molar-refractivity contribution is -0.138. The number of aromatic nitrogens is 2. The van der Waals surface area contributed by atoms with Gasteiger partial charge in [0.05, 0.1) is 31.1 Å². The predicted octanol–water partition coefficient (Wildman–Crippen LogP) is 4.62. The molecule has 0 aliphatic carbocycles. The molecule has 3 fully saturated rings. The number of rotatable bonds is 11. The van der Waals surface area contributed by atoms with Gasteiger partial charge < -0.3 is 23.6 Å². The van der Waals surface area contributed by atoms with Crippen molar-refractivity contribution < 1.29 is 49.9 Å². The molecule has 1 unspecified atom stereocenters. The summed E-state index contributed by atoms with van der Waals surface area (Å²) in [5.74, 6) is -2.16. The third-order valence-electron chi connectivity index (χ3n) is 9.07. The number of benzene rings is 2. The first kappa shape index (κ1) is 35.8. The zero-order valence-corrected chi connectivity index (χ0v) is 28.5. The van der Waals surface area contributed by atoms with E-state index in [9.17, 15) is 31.2 Å². The van der Waals surface area contributed by atoms with Crippen LogP contribution in [0.2, 0.25) is 0 Å². The van der Waals surface area contributed by atoms with Gasteiger partial charge >= 0.3 is 12.2 Å². The molecule has 0 bridgehead atoms. The molecule has 0 N–H and O–H groups in total. The summed E-state index contributed by atoms with van der Waals surface area (Å²) in [7, 11) is -3.93. The van der Waals surface area contributed by atoms with Gasteiger partial charge in [0.2, 0.25) is 11.7 Å². The van der Waals surface area contributed by atoms with Crippen molar-refractivity contribution in [1.29, 1.82) is 0 Å². The zero-order chi connectivity index (χ0) is 35.7. The van der Waals surface area contributed by atoms with Crippen LogP contribution in [0.1, 0.15) is 38.1 Å². The van der Waals surface area contributed by atoms with Crippen molar-refractivity contribution in [3.63, 3.8) is 0 Å². The number of para-hydroxylation sites is 1. The van der Waals surface area contributed by atoms with E-state index in [1.165, 1.54) is 35.2 Å². The van der Waals surface area contributed by atoms with Crippen LogP contribution < -0.4 is 4.74 Å². The van der Waals surface area contributed by atoms with Crippen LogP contribution >= 0.6 is 0 Å². The minimum absolute atomic E-state index is 0.0792. The number of ether oxygens (including phenoxy) is 3. The van der Waals surface area contributed by atoms with E-state index in [2.05, 4.69) is 15.0 Å². The Hall–Kier alpha value is -4.06. The van der Waals surface area contributed by atoms with Gasteiger partial charge in [-0.2, -0.15) is 18.2 Å². The number of imide groups is 1. The third kappa shape index (κ3) is 7.65. The summed E-state index contributed by atoms with van der Waals surface area (Å²) in [4.78, 5) is 35.2. The summed E-state index contributed by atoms with van der Waals surface area (Å²) in [6, 6.07) is 8.11. The van der Waals surface area contributed by atoms with Gasteiger partial charge in [-0.3, -0.25) is 14.6 Å². The summed E-state index contributed by atoms with van der Waals surface area (Å²) in [6.07, 6.45) is -3.52. The number of carbonyl (C=O) groups excluding carboxylic acids is 2. The summed E-state index contributed by atoms with van der Waals surface area (Å²) < 4.78 is 91.4. The summed E-state index contributed by atoms with van der Waals surface area (Å²) in [5, 5.41) is 3.80. The van der Waals surface area contributed by atoms with Gasteiger partial charge in [0, 0.05) is 38.3 Å². The number of halogens is 3. The Balaban J connectivity index is 1.19. The molecule has 3 saturated heterocycles. The predicted molar refractivity (Wildman–Crippen MR) is 171 cm³/mol. The molecular formula is C33H38F3N5O8S. The monoisotopic (exact) mass is 721 g/mol. The van der Waals surface area contributed by atoms with Crippen LogP contribution in [0, 0.1) is 5.92 Å². The molecule has 0 saturated carbocycles. The van der Waals surface area contributed by atoms with Crippen LogP contribution in [-0.4, -0.2) is 109 Å². The minimum Gasteiger partial charge on any atom is -0.455 e. The molecule has 1 atom stereocenters. The van der Waals surface area contributed by atoms with E-state index in [4.69, 9.17) is 18.7 Å². The molecule has 270 valence electrons. The first-order chi connectivity index (χ1) is 23.7. The van der Waals surface area contributed by atoms with E-state index in [0.717, 1.165) is 36.5 Å². The van der Waals surface area contributed by atoms with E-state index >= 15 is 0 Å². The molecule has 3 aromatic rings. The number of sulfone groups is 1. The third-order valence-corrected chi connectivity index (χ3v) is 11.0. The molecule has 3 aliphatic heterocycles. The highest BCUT2D eigenvalue weighted by Gasteiger charge is 2.51. The Labute approximate surface area is 287 Å². The molecule has 0 radical (unpaired) electrons. The van der Waals surface area contributed by atoms with Gasteiger partial charge in [0.1, 0.15) is 28.5 Å². The Morgan fingerprint density at radius 2 is 1.76 bits per heavy atom. The molecule has 6 rings (SSSR count). The van der Waals surface area contributed by atoms with Crippen LogP contribution in [0.5, 0.6) is 11.5 Å². The van der Waals surface area contributed by atoms with Gasteiger partial charge in [0.25, 0.3) is 5.91 Å². The molecule has 0 spiro atoms. The summed E-state index contributed by atoms with van der Waals surface area (Å²) in [6.45, 7) is 7.27. The van der Waals surface area contributed by atoms with Gasteiger partial charge in [0.15, 0.2) is 9.84 Å². The lowest BCUT2D eigenvalue weighted by Crippen LogP contribution is -2.48. The van der Waals surface area contributed by atoms with Gasteiger partial charge in [-0.1, -0.05) is 17.3 Å². The molecule has 13 nitrogen and oxygen atoms in total. The van der Waals surface area contributed by atoms with E-state index < -0.39 is 44.8 Å². The lowest BCUT2D eigenvalue weighted by Gasteiger charge is -2.32. The number of carbonyl (C=O) groups is 2. The van der Waals surface area contributed by atoms with Crippen LogP contribution in [0.25, 0.3) is 11.4 Å². The second-order valence-electron chi connectivity index (χ2n) is 13.0. The van der Waals surface area contributed by atoms with Crippen LogP contribution in [0.3, 0.4) is 0 Å². The highest BCUT2D eigenvalue weighted by molar-refractivity contribution is 7.91. The SMILES string of the molecule is CC1(C)C(=O)N(Cc2nc(-c3ccc(Oc4ccccc4S(=O)(=O)CC4CCCOC4)c(C(F)(F)F)c3)no2)C(=O)N1CCN1CCOCC1. The number of alkyl halides is 3. The maximum Gasteiger partial charge on any atom is 0.420 e. The number of nitrogens with zero attached hydrogens (tertiary/aromatic N) is 5. The maximum absolute atomic E-state index is 14.4. The first-order valence-corrected chi connectivity index (χ1v) is 17.9. The van der Waals surface area contributed by atoms with E-state index in [0.29, 0.717) is 39.3 Å². The van der Waals surface area contributed by atoms with Crippen molar-refractivity contribution in [3.05, 3.63) is 53.9 Å². The Morgan fingerprint density at radius 1 is 1.00 bits per heavy atom. The molecule has 1 aromatic heterocycles. The Bertz CT molecular complexity index is 1820. The van der Waals surface area contributed by atoms with Crippen molar-refractivity contribution in [2.75, 3.05) is 58.4 Å². The normalized spacial score (nSPS) is 20.5. The largest absolute Gasteiger partial charge is 0.455 e.